The zero-order valence-corrected chi connectivity index (χ0v) is 12.2. The zero-order valence-electron chi connectivity index (χ0n) is 9.80. The molecule has 2 aromatic rings. The van der Waals surface area contributed by atoms with E-state index in [1.165, 1.54) is 0 Å². The van der Waals surface area contributed by atoms with Gasteiger partial charge in [-0.2, -0.15) is 5.26 Å². The summed E-state index contributed by atoms with van der Waals surface area (Å²) in [6.07, 6.45) is 0.484. The first-order valence-electron chi connectivity index (χ1n) is 5.37. The summed E-state index contributed by atoms with van der Waals surface area (Å²) in [6, 6.07) is 8.01. The van der Waals surface area contributed by atoms with Gasteiger partial charge < -0.3 is 4.90 Å². The number of hydrogen-bond donors (Lipinski definition) is 0. The molecule has 2 aromatic heterocycles. The minimum atomic E-state index is 0.484. The van der Waals surface area contributed by atoms with Gasteiger partial charge in [-0.25, -0.2) is 0 Å². The lowest BCUT2D eigenvalue weighted by atomic mass is 10.3. The summed E-state index contributed by atoms with van der Waals surface area (Å²) < 4.78 is 1.06. The normalized spacial score (nSPS) is 10.1. The lowest BCUT2D eigenvalue weighted by molar-refractivity contribution is 0.861. The Hall–Kier alpha value is -1.45. The van der Waals surface area contributed by atoms with E-state index in [1.807, 2.05) is 35.5 Å². The van der Waals surface area contributed by atoms with Crippen molar-refractivity contribution in [3.8, 4) is 16.6 Å². The van der Waals surface area contributed by atoms with Crippen LogP contribution < -0.4 is 4.90 Å². The molecule has 0 radical (unpaired) electrons. The fourth-order valence-electron chi connectivity index (χ4n) is 1.44. The van der Waals surface area contributed by atoms with Crippen LogP contribution in [0.15, 0.2) is 28.1 Å². The van der Waals surface area contributed by atoms with Gasteiger partial charge in [-0.3, -0.25) is 0 Å². The third-order valence-corrected chi connectivity index (χ3v) is 4.13. The van der Waals surface area contributed by atoms with Crippen LogP contribution in [0.25, 0.3) is 10.6 Å². The van der Waals surface area contributed by atoms with Gasteiger partial charge in [-0.1, -0.05) is 0 Å². The Balaban J connectivity index is 2.13. The highest BCUT2D eigenvalue weighted by molar-refractivity contribution is 9.10. The van der Waals surface area contributed by atoms with Crippen LogP contribution in [-0.2, 0) is 0 Å². The molecule has 4 nitrogen and oxygen atoms in total. The van der Waals surface area contributed by atoms with Crippen molar-refractivity contribution >= 4 is 33.1 Å². The number of rotatable bonds is 4. The van der Waals surface area contributed by atoms with Crippen LogP contribution in [0.2, 0.25) is 0 Å². The van der Waals surface area contributed by atoms with Crippen LogP contribution in [0.1, 0.15) is 6.42 Å². The molecule has 2 heterocycles. The molecule has 0 aliphatic carbocycles. The van der Waals surface area contributed by atoms with Crippen LogP contribution in [0.5, 0.6) is 0 Å². The van der Waals surface area contributed by atoms with Crippen molar-refractivity contribution in [2.24, 2.45) is 0 Å². The summed E-state index contributed by atoms with van der Waals surface area (Å²) in [5.41, 5.74) is 0.864. The molecule has 0 unspecified atom stereocenters. The van der Waals surface area contributed by atoms with Gasteiger partial charge in [0.2, 0.25) is 0 Å². The van der Waals surface area contributed by atoms with Crippen LogP contribution in [0.4, 0.5) is 5.82 Å². The molecular weight excluding hydrogens is 312 g/mol. The van der Waals surface area contributed by atoms with Gasteiger partial charge >= 0.3 is 0 Å². The maximum atomic E-state index is 8.54. The summed E-state index contributed by atoms with van der Waals surface area (Å²) in [5, 5.41) is 18.9. The highest BCUT2D eigenvalue weighted by atomic mass is 79.9. The van der Waals surface area contributed by atoms with Gasteiger partial charge in [-0.15, -0.1) is 21.5 Å². The summed E-state index contributed by atoms with van der Waals surface area (Å²) in [4.78, 5) is 3.00. The topological polar surface area (TPSA) is 52.8 Å². The molecule has 0 aliphatic heterocycles. The van der Waals surface area contributed by atoms with Gasteiger partial charge in [0.25, 0.3) is 0 Å². The van der Waals surface area contributed by atoms with E-state index >= 15 is 0 Å². The van der Waals surface area contributed by atoms with E-state index in [4.69, 9.17) is 5.26 Å². The number of thiophene rings is 1. The molecule has 0 atom stereocenters. The predicted molar refractivity (Wildman–Crippen MR) is 76.5 cm³/mol. The summed E-state index contributed by atoms with van der Waals surface area (Å²) in [7, 11) is 1.91. The average Bonchev–Trinajstić information content (AvgIpc) is 2.83. The molecule has 92 valence electrons. The van der Waals surface area contributed by atoms with Crippen LogP contribution in [-0.4, -0.2) is 23.8 Å². The number of anilines is 1. The first-order valence-corrected chi connectivity index (χ1v) is 7.04. The molecule has 6 heteroatoms. The molecule has 2 rings (SSSR count). The first-order chi connectivity index (χ1) is 8.70. The molecule has 0 saturated carbocycles. The number of halogens is 1. The Morgan fingerprint density at radius 3 is 2.83 bits per heavy atom. The average molecular weight is 323 g/mol. The van der Waals surface area contributed by atoms with E-state index in [1.54, 1.807) is 11.3 Å². The molecule has 18 heavy (non-hydrogen) atoms. The first kappa shape index (κ1) is 13.0. The summed E-state index contributed by atoms with van der Waals surface area (Å²) in [5.74, 6) is 0.782. The standard InChI is InChI=1S/C12H11BrN4S/c1-17(6-2-5-14)12-4-3-10(15-16-12)11-7-9(13)8-18-11/h3-4,7-8H,2,6H2,1H3. The second-order valence-corrected chi connectivity index (χ2v) is 5.56. The number of nitrogens with zero attached hydrogens (tertiary/aromatic N) is 4. The Bertz CT molecular complexity index is 558. The maximum absolute atomic E-state index is 8.54. The fraction of sp³-hybridized carbons (Fsp3) is 0.250. The Labute approximate surface area is 118 Å². The van der Waals surface area contributed by atoms with E-state index in [0.717, 1.165) is 20.9 Å². The summed E-state index contributed by atoms with van der Waals surface area (Å²) >= 11 is 5.04. The quantitative estimate of drug-likeness (QED) is 0.866. The minimum absolute atomic E-state index is 0.484. The van der Waals surface area contributed by atoms with Gasteiger partial charge in [0, 0.05) is 23.4 Å². The van der Waals surface area contributed by atoms with Crippen LogP contribution >= 0.6 is 27.3 Å². The SMILES string of the molecule is CN(CCC#N)c1ccc(-c2cc(Br)cs2)nn1. The van der Waals surface area contributed by atoms with Gasteiger partial charge in [0.15, 0.2) is 5.82 Å². The molecule has 0 bridgehead atoms. The van der Waals surface area contributed by atoms with E-state index in [0.29, 0.717) is 13.0 Å². The van der Waals surface area contributed by atoms with E-state index in [2.05, 4.69) is 32.2 Å². The van der Waals surface area contributed by atoms with Crippen molar-refractivity contribution in [1.82, 2.24) is 10.2 Å². The van der Waals surface area contributed by atoms with Gasteiger partial charge in [0.1, 0.15) is 5.69 Å². The lowest BCUT2D eigenvalue weighted by Crippen LogP contribution is -2.19. The van der Waals surface area contributed by atoms with Crippen molar-refractivity contribution in [2.75, 3.05) is 18.5 Å². The largest absolute Gasteiger partial charge is 0.357 e. The van der Waals surface area contributed by atoms with Gasteiger partial charge in [-0.05, 0) is 34.1 Å². The fourth-order valence-corrected chi connectivity index (χ4v) is 2.83. The molecule has 0 spiro atoms. The van der Waals surface area contributed by atoms with Crippen molar-refractivity contribution in [2.45, 2.75) is 6.42 Å². The third-order valence-electron chi connectivity index (χ3n) is 2.42. The van der Waals surface area contributed by atoms with Crippen LogP contribution in [0, 0.1) is 11.3 Å². The van der Waals surface area contributed by atoms with E-state index in [-0.39, 0.29) is 0 Å². The lowest BCUT2D eigenvalue weighted by Gasteiger charge is -2.15. The van der Waals surface area contributed by atoms with E-state index in [9.17, 15) is 0 Å². The van der Waals surface area contributed by atoms with Crippen LogP contribution in [0.3, 0.4) is 0 Å². The third kappa shape index (κ3) is 3.06. The van der Waals surface area contributed by atoms with E-state index < -0.39 is 0 Å². The predicted octanol–water partition coefficient (Wildman–Crippen LogP) is 3.32. The highest BCUT2D eigenvalue weighted by Crippen LogP contribution is 2.28. The van der Waals surface area contributed by atoms with Crippen molar-refractivity contribution in [3.05, 3.63) is 28.1 Å². The monoisotopic (exact) mass is 322 g/mol. The zero-order chi connectivity index (χ0) is 13.0. The molecule has 0 saturated heterocycles. The molecular formula is C12H11BrN4S. The molecule has 0 fully saturated rings. The highest BCUT2D eigenvalue weighted by Gasteiger charge is 2.06. The van der Waals surface area contributed by atoms with Crippen molar-refractivity contribution in [1.29, 1.82) is 5.26 Å². The Kier molecular flexibility index (Phi) is 4.28. The molecule has 0 aliphatic rings. The smallest absolute Gasteiger partial charge is 0.151 e. The second kappa shape index (κ2) is 5.94. The van der Waals surface area contributed by atoms with Crippen molar-refractivity contribution in [3.63, 3.8) is 0 Å². The van der Waals surface area contributed by atoms with Crippen molar-refractivity contribution < 1.29 is 0 Å². The second-order valence-electron chi connectivity index (χ2n) is 3.74. The summed E-state index contributed by atoms with van der Waals surface area (Å²) in [6.45, 7) is 0.662. The molecule has 0 N–H and O–H groups in total. The molecule has 0 aromatic carbocycles. The van der Waals surface area contributed by atoms with Gasteiger partial charge in [0.05, 0.1) is 17.4 Å². The molecule has 0 amide bonds. The Morgan fingerprint density at radius 1 is 1.44 bits per heavy atom. The minimum Gasteiger partial charge on any atom is -0.357 e. The Morgan fingerprint density at radius 2 is 2.28 bits per heavy atom. The number of aromatic nitrogens is 2. The number of hydrogen-bond acceptors (Lipinski definition) is 5. The number of nitriles is 1. The maximum Gasteiger partial charge on any atom is 0.151 e.